The molecule has 1 aliphatic carbocycles. The van der Waals surface area contributed by atoms with Gasteiger partial charge in [-0.1, -0.05) is 23.7 Å². The summed E-state index contributed by atoms with van der Waals surface area (Å²) in [5.41, 5.74) is 6.86. The largest absolute Gasteiger partial charge is 0.489 e. The van der Waals surface area contributed by atoms with Crippen LogP contribution in [0.2, 0.25) is 5.02 Å². The van der Waals surface area contributed by atoms with Crippen molar-refractivity contribution >= 4 is 23.4 Å². The standard InChI is InChI=1S/C27H28ClNO4/c1-15-12-16(2)21(13-18(15)14-33-20-10-8-19(28)9-11-20)25-24(27(31)32-4)17(3)29-22-6-5-7-23(30)26(22)25/h8-13,25,29H,5-7,14H2,1-4H3/t25-/m0/s1. The van der Waals surface area contributed by atoms with Crippen LogP contribution in [0.4, 0.5) is 0 Å². The van der Waals surface area contributed by atoms with Crippen LogP contribution in [-0.4, -0.2) is 18.9 Å². The van der Waals surface area contributed by atoms with Gasteiger partial charge in [0, 0.05) is 34.3 Å². The zero-order valence-electron chi connectivity index (χ0n) is 19.4. The van der Waals surface area contributed by atoms with Crippen molar-refractivity contribution < 1.29 is 19.1 Å². The summed E-state index contributed by atoms with van der Waals surface area (Å²) in [4.78, 5) is 25.9. The van der Waals surface area contributed by atoms with E-state index in [0.29, 0.717) is 29.2 Å². The molecule has 0 saturated heterocycles. The summed E-state index contributed by atoms with van der Waals surface area (Å²) in [6.45, 7) is 6.29. The number of rotatable bonds is 5. The minimum Gasteiger partial charge on any atom is -0.489 e. The van der Waals surface area contributed by atoms with Crippen LogP contribution in [0.15, 0.2) is 58.9 Å². The van der Waals surface area contributed by atoms with Crippen LogP contribution in [-0.2, 0) is 20.9 Å². The van der Waals surface area contributed by atoms with Gasteiger partial charge in [0.2, 0.25) is 0 Å². The van der Waals surface area contributed by atoms with Crippen molar-refractivity contribution in [2.45, 2.75) is 52.6 Å². The third kappa shape index (κ3) is 4.55. The predicted octanol–water partition coefficient (Wildman–Crippen LogP) is 5.68. The van der Waals surface area contributed by atoms with Crippen molar-refractivity contribution in [1.29, 1.82) is 0 Å². The Hall–Kier alpha value is -3.05. The summed E-state index contributed by atoms with van der Waals surface area (Å²) < 4.78 is 11.1. The lowest BCUT2D eigenvalue weighted by Crippen LogP contribution is -2.34. The van der Waals surface area contributed by atoms with E-state index in [2.05, 4.69) is 17.4 Å². The van der Waals surface area contributed by atoms with Crippen LogP contribution in [0.3, 0.4) is 0 Å². The van der Waals surface area contributed by atoms with Gasteiger partial charge in [0.1, 0.15) is 12.4 Å². The van der Waals surface area contributed by atoms with Crippen molar-refractivity contribution in [1.82, 2.24) is 5.32 Å². The van der Waals surface area contributed by atoms with Gasteiger partial charge in [-0.3, -0.25) is 4.79 Å². The molecule has 0 unspecified atom stereocenters. The van der Waals surface area contributed by atoms with Crippen molar-refractivity contribution in [2.24, 2.45) is 0 Å². The Kier molecular flexibility index (Phi) is 6.61. The minimum atomic E-state index is -0.462. The van der Waals surface area contributed by atoms with Gasteiger partial charge in [-0.2, -0.15) is 0 Å². The van der Waals surface area contributed by atoms with E-state index in [0.717, 1.165) is 52.2 Å². The van der Waals surface area contributed by atoms with Gasteiger partial charge in [-0.05, 0) is 80.1 Å². The monoisotopic (exact) mass is 465 g/mol. The number of allylic oxidation sites excluding steroid dienone is 3. The number of Topliss-reactive ketones (excluding diaryl/α,β-unsaturated/α-hetero) is 1. The number of halogens is 1. The summed E-state index contributed by atoms with van der Waals surface area (Å²) in [5, 5.41) is 3.97. The number of methoxy groups -OCH3 is 1. The first-order valence-corrected chi connectivity index (χ1v) is 11.5. The minimum absolute atomic E-state index is 0.0848. The number of nitrogens with one attached hydrogen (secondary N) is 1. The summed E-state index contributed by atoms with van der Waals surface area (Å²) in [5.74, 6) is -0.0759. The number of carbonyl (C=O) groups is 2. The number of aryl methyl sites for hydroxylation is 2. The average molecular weight is 466 g/mol. The first kappa shape index (κ1) is 23.1. The molecule has 0 saturated carbocycles. The molecule has 2 aromatic rings. The van der Waals surface area contributed by atoms with Crippen molar-refractivity contribution in [3.63, 3.8) is 0 Å². The number of benzene rings is 2. The first-order chi connectivity index (χ1) is 15.8. The number of carbonyl (C=O) groups excluding carboxylic acids is 2. The second-order valence-corrected chi connectivity index (χ2v) is 9.07. The zero-order chi connectivity index (χ0) is 23.7. The predicted molar refractivity (Wildman–Crippen MR) is 128 cm³/mol. The molecule has 0 spiro atoms. The highest BCUT2D eigenvalue weighted by Crippen LogP contribution is 2.44. The van der Waals surface area contributed by atoms with Gasteiger partial charge in [0.25, 0.3) is 0 Å². The maximum atomic E-state index is 13.1. The highest BCUT2D eigenvalue weighted by atomic mass is 35.5. The number of dihydropyridines is 1. The summed E-state index contributed by atoms with van der Waals surface area (Å²) in [6.07, 6.45) is 2.09. The normalized spacial score (nSPS) is 18.1. The van der Waals surface area contributed by atoms with Gasteiger partial charge < -0.3 is 14.8 Å². The maximum absolute atomic E-state index is 13.1. The van der Waals surface area contributed by atoms with Gasteiger partial charge >= 0.3 is 5.97 Å². The molecule has 33 heavy (non-hydrogen) atoms. The van der Waals surface area contributed by atoms with E-state index < -0.39 is 11.9 Å². The Morgan fingerprint density at radius 1 is 1.09 bits per heavy atom. The molecule has 172 valence electrons. The fourth-order valence-corrected chi connectivity index (χ4v) is 4.88. The molecule has 0 amide bonds. The van der Waals surface area contributed by atoms with E-state index in [4.69, 9.17) is 21.1 Å². The van der Waals surface area contributed by atoms with E-state index in [1.54, 1.807) is 12.1 Å². The van der Waals surface area contributed by atoms with Crippen LogP contribution < -0.4 is 10.1 Å². The van der Waals surface area contributed by atoms with E-state index in [1.165, 1.54) is 7.11 Å². The topological polar surface area (TPSA) is 64.6 Å². The molecular formula is C27H28ClNO4. The maximum Gasteiger partial charge on any atom is 0.336 e. The summed E-state index contributed by atoms with van der Waals surface area (Å²) in [6, 6.07) is 11.4. The Morgan fingerprint density at radius 2 is 1.82 bits per heavy atom. The third-order valence-electron chi connectivity index (χ3n) is 6.42. The van der Waals surface area contributed by atoms with Crippen LogP contribution in [0, 0.1) is 13.8 Å². The molecule has 0 bridgehead atoms. The molecule has 0 aromatic heterocycles. The van der Waals surface area contributed by atoms with Crippen molar-refractivity contribution in [3.05, 3.63) is 86.2 Å². The lowest BCUT2D eigenvalue weighted by atomic mass is 9.73. The summed E-state index contributed by atoms with van der Waals surface area (Å²) in [7, 11) is 1.37. The highest BCUT2D eigenvalue weighted by Gasteiger charge is 2.39. The van der Waals surface area contributed by atoms with Crippen molar-refractivity contribution in [2.75, 3.05) is 7.11 Å². The average Bonchev–Trinajstić information content (AvgIpc) is 2.78. The Morgan fingerprint density at radius 3 is 2.52 bits per heavy atom. The number of hydrogen-bond acceptors (Lipinski definition) is 5. The fraction of sp³-hybridized carbons (Fsp3) is 0.333. The lowest BCUT2D eigenvalue weighted by Gasteiger charge is -2.35. The molecule has 1 atom stereocenters. The van der Waals surface area contributed by atoms with Crippen LogP contribution in [0.25, 0.3) is 0 Å². The Bertz CT molecular complexity index is 1180. The third-order valence-corrected chi connectivity index (χ3v) is 6.68. The number of ketones is 1. The van der Waals surface area contributed by atoms with E-state index in [9.17, 15) is 9.59 Å². The molecule has 4 rings (SSSR count). The van der Waals surface area contributed by atoms with Crippen LogP contribution >= 0.6 is 11.6 Å². The molecular weight excluding hydrogens is 438 g/mol. The molecule has 6 heteroatoms. The SMILES string of the molecule is COC(=O)C1=C(C)NC2=C(C(=O)CCC2)[C@H]1c1cc(COc2ccc(Cl)cc2)c(C)cc1C. The van der Waals surface area contributed by atoms with Gasteiger partial charge in [-0.25, -0.2) is 4.79 Å². The molecule has 2 aliphatic rings. The first-order valence-electron chi connectivity index (χ1n) is 11.1. The zero-order valence-corrected chi connectivity index (χ0v) is 20.1. The Labute approximate surface area is 199 Å². The molecule has 2 aromatic carbocycles. The van der Waals surface area contributed by atoms with Crippen molar-refractivity contribution in [3.8, 4) is 5.75 Å². The second-order valence-electron chi connectivity index (χ2n) is 8.64. The number of hydrogen-bond donors (Lipinski definition) is 1. The van der Waals surface area contributed by atoms with Gasteiger partial charge in [0.05, 0.1) is 12.7 Å². The number of esters is 1. The summed E-state index contributed by atoms with van der Waals surface area (Å²) >= 11 is 5.97. The smallest absolute Gasteiger partial charge is 0.336 e. The van der Waals surface area contributed by atoms with Crippen LogP contribution in [0.1, 0.15) is 54.4 Å². The van der Waals surface area contributed by atoms with Gasteiger partial charge in [-0.15, -0.1) is 0 Å². The molecule has 1 aliphatic heterocycles. The highest BCUT2D eigenvalue weighted by molar-refractivity contribution is 6.30. The molecule has 0 radical (unpaired) electrons. The van der Waals surface area contributed by atoms with Gasteiger partial charge in [0.15, 0.2) is 5.78 Å². The van der Waals surface area contributed by atoms with Crippen LogP contribution in [0.5, 0.6) is 5.75 Å². The van der Waals surface area contributed by atoms with E-state index in [1.807, 2.05) is 32.9 Å². The Balaban J connectivity index is 1.78. The fourth-order valence-electron chi connectivity index (χ4n) is 4.75. The lowest BCUT2D eigenvalue weighted by molar-refractivity contribution is -0.136. The molecule has 0 fully saturated rings. The molecule has 1 N–H and O–H groups in total. The quantitative estimate of drug-likeness (QED) is 0.576. The molecule has 1 heterocycles. The number of ether oxygens (including phenoxy) is 2. The second kappa shape index (κ2) is 9.44. The van der Waals surface area contributed by atoms with E-state index in [-0.39, 0.29) is 5.78 Å². The molecule has 5 nitrogen and oxygen atoms in total. The van der Waals surface area contributed by atoms with E-state index >= 15 is 0 Å².